The zero-order valence-electron chi connectivity index (χ0n) is 13.3. The molecular formula is C22H13NS2. The number of hydrogen-bond donors (Lipinski definition) is 0. The molecule has 0 bridgehead atoms. The maximum Gasteiger partial charge on any atom is 0.0728 e. The maximum atomic E-state index is 2.46. The summed E-state index contributed by atoms with van der Waals surface area (Å²) in [4.78, 5) is 0. The van der Waals surface area contributed by atoms with Gasteiger partial charge in [-0.1, -0.05) is 54.6 Å². The predicted molar refractivity (Wildman–Crippen MR) is 112 cm³/mol. The maximum absolute atomic E-state index is 2.46. The summed E-state index contributed by atoms with van der Waals surface area (Å²) < 4.78 is 5.21. The summed E-state index contributed by atoms with van der Waals surface area (Å²) in [6, 6.07) is 24.0. The van der Waals surface area contributed by atoms with E-state index in [0.29, 0.717) is 0 Å². The lowest BCUT2D eigenvalue weighted by Crippen LogP contribution is -1.94. The number of benzene rings is 3. The third-order valence-electron chi connectivity index (χ3n) is 4.93. The van der Waals surface area contributed by atoms with Gasteiger partial charge >= 0.3 is 0 Å². The highest BCUT2D eigenvalue weighted by Gasteiger charge is 2.18. The van der Waals surface area contributed by atoms with Crippen LogP contribution < -0.4 is 0 Å². The minimum absolute atomic E-state index is 1.26. The lowest BCUT2D eigenvalue weighted by atomic mass is 10.1. The Bertz CT molecular complexity index is 1390. The topological polar surface area (TPSA) is 4.93 Å². The first-order valence-electron chi connectivity index (χ1n) is 8.28. The van der Waals surface area contributed by atoms with E-state index < -0.39 is 0 Å². The van der Waals surface area contributed by atoms with Gasteiger partial charge in [-0.25, -0.2) is 0 Å². The van der Waals surface area contributed by atoms with Crippen LogP contribution in [-0.4, -0.2) is 4.57 Å². The highest BCUT2D eigenvalue weighted by Crippen LogP contribution is 2.44. The Hall–Kier alpha value is -2.62. The van der Waals surface area contributed by atoms with Crippen molar-refractivity contribution in [2.24, 2.45) is 0 Å². The number of aromatic nitrogens is 1. The summed E-state index contributed by atoms with van der Waals surface area (Å²) in [7, 11) is 0. The Kier molecular flexibility index (Phi) is 2.70. The summed E-state index contributed by atoms with van der Waals surface area (Å²) in [6.45, 7) is 0. The normalized spacial score (nSPS) is 12.0. The van der Waals surface area contributed by atoms with Gasteiger partial charge in [-0.05, 0) is 17.5 Å². The van der Waals surface area contributed by atoms with Crippen molar-refractivity contribution in [1.82, 2.24) is 4.57 Å². The van der Waals surface area contributed by atoms with Gasteiger partial charge < -0.3 is 4.57 Å². The van der Waals surface area contributed by atoms with Crippen LogP contribution in [0.25, 0.3) is 47.7 Å². The fourth-order valence-corrected chi connectivity index (χ4v) is 5.93. The van der Waals surface area contributed by atoms with E-state index in [1.807, 2.05) is 11.3 Å². The van der Waals surface area contributed by atoms with Crippen molar-refractivity contribution in [3.05, 3.63) is 77.5 Å². The molecule has 0 amide bonds. The summed E-state index contributed by atoms with van der Waals surface area (Å²) in [5.41, 5.74) is 3.92. The molecule has 0 atom stereocenters. The molecule has 0 radical (unpaired) electrons. The standard InChI is InChI=1S/C22H13NS2/c1-2-8-15-14(6-1)7-5-10-18(15)23-19-13-24-12-17(19)22-21(23)16-9-3-4-11-20(16)25-22/h1-13H. The molecule has 118 valence electrons. The van der Waals surface area contributed by atoms with Crippen molar-refractivity contribution in [3.63, 3.8) is 0 Å². The monoisotopic (exact) mass is 355 g/mol. The smallest absolute Gasteiger partial charge is 0.0728 e. The van der Waals surface area contributed by atoms with Crippen LogP contribution >= 0.6 is 22.7 Å². The molecule has 3 heteroatoms. The first-order chi connectivity index (χ1) is 12.4. The number of thiophene rings is 2. The van der Waals surface area contributed by atoms with Gasteiger partial charge in [0.25, 0.3) is 0 Å². The second-order valence-corrected chi connectivity index (χ2v) is 8.08. The zero-order chi connectivity index (χ0) is 16.4. The Morgan fingerprint density at radius 1 is 0.680 bits per heavy atom. The van der Waals surface area contributed by atoms with Crippen molar-refractivity contribution in [1.29, 1.82) is 0 Å². The van der Waals surface area contributed by atoms with Gasteiger partial charge in [0.1, 0.15) is 0 Å². The van der Waals surface area contributed by atoms with E-state index in [-0.39, 0.29) is 0 Å². The quantitative estimate of drug-likeness (QED) is 0.293. The van der Waals surface area contributed by atoms with Crippen molar-refractivity contribution >= 4 is 64.7 Å². The molecule has 0 aliphatic carbocycles. The molecule has 0 fully saturated rings. The fraction of sp³-hybridized carbons (Fsp3) is 0. The van der Waals surface area contributed by atoms with Gasteiger partial charge in [0.2, 0.25) is 0 Å². The molecule has 1 nitrogen and oxygen atoms in total. The Morgan fingerprint density at radius 2 is 1.48 bits per heavy atom. The molecule has 6 aromatic rings. The molecule has 0 saturated heterocycles. The largest absolute Gasteiger partial charge is 0.306 e. The van der Waals surface area contributed by atoms with Crippen molar-refractivity contribution in [2.45, 2.75) is 0 Å². The van der Waals surface area contributed by atoms with Crippen LogP contribution in [0.4, 0.5) is 0 Å². The Balaban J connectivity index is 1.89. The highest BCUT2D eigenvalue weighted by atomic mass is 32.1. The van der Waals surface area contributed by atoms with E-state index in [1.54, 1.807) is 11.3 Å². The molecule has 3 heterocycles. The van der Waals surface area contributed by atoms with Crippen LogP contribution in [0.15, 0.2) is 77.5 Å². The highest BCUT2D eigenvalue weighted by molar-refractivity contribution is 7.27. The predicted octanol–water partition coefficient (Wildman–Crippen LogP) is 7.21. The van der Waals surface area contributed by atoms with E-state index in [4.69, 9.17) is 0 Å². The molecule has 0 unspecified atom stereocenters. The van der Waals surface area contributed by atoms with E-state index in [1.165, 1.54) is 47.7 Å². The number of rotatable bonds is 1. The van der Waals surface area contributed by atoms with Crippen LogP contribution in [0.3, 0.4) is 0 Å². The Morgan fingerprint density at radius 3 is 2.44 bits per heavy atom. The third-order valence-corrected chi connectivity index (χ3v) is 6.85. The number of fused-ring (bicyclic) bond motifs is 6. The molecule has 6 rings (SSSR count). The van der Waals surface area contributed by atoms with Crippen molar-refractivity contribution < 1.29 is 0 Å². The van der Waals surface area contributed by atoms with E-state index in [0.717, 1.165) is 0 Å². The number of nitrogens with zero attached hydrogens (tertiary/aromatic N) is 1. The Labute approximate surface area is 152 Å². The fourth-order valence-electron chi connectivity index (χ4n) is 3.84. The molecule has 25 heavy (non-hydrogen) atoms. The number of hydrogen-bond acceptors (Lipinski definition) is 2. The molecule has 3 aromatic carbocycles. The first kappa shape index (κ1) is 13.6. The minimum Gasteiger partial charge on any atom is -0.306 e. The van der Waals surface area contributed by atoms with Crippen LogP contribution in [-0.2, 0) is 0 Å². The molecular weight excluding hydrogens is 342 g/mol. The molecule has 0 N–H and O–H groups in total. The minimum atomic E-state index is 1.26. The van der Waals surface area contributed by atoms with E-state index >= 15 is 0 Å². The van der Waals surface area contributed by atoms with Gasteiger partial charge in [-0.2, -0.15) is 0 Å². The van der Waals surface area contributed by atoms with Gasteiger partial charge in [0, 0.05) is 31.6 Å². The molecule has 0 aliphatic heterocycles. The first-order valence-corrected chi connectivity index (χ1v) is 10.0. The lowest BCUT2D eigenvalue weighted by Gasteiger charge is -2.10. The average molecular weight is 355 g/mol. The zero-order valence-corrected chi connectivity index (χ0v) is 14.9. The molecule has 0 spiro atoms. The SMILES string of the molecule is c1ccc2c(-n3c4cscc4c4sc5ccccc5c43)cccc2c1. The van der Waals surface area contributed by atoms with Crippen molar-refractivity contribution in [3.8, 4) is 5.69 Å². The van der Waals surface area contributed by atoms with E-state index in [2.05, 4.69) is 82.1 Å². The molecule has 0 saturated carbocycles. The van der Waals surface area contributed by atoms with Gasteiger partial charge in [0.05, 0.1) is 21.4 Å². The van der Waals surface area contributed by atoms with Crippen LogP contribution in [0.5, 0.6) is 0 Å². The van der Waals surface area contributed by atoms with Gasteiger partial charge in [-0.15, -0.1) is 22.7 Å². The van der Waals surface area contributed by atoms with Crippen LogP contribution in [0, 0.1) is 0 Å². The third kappa shape index (κ3) is 1.77. The molecule has 3 aromatic heterocycles. The van der Waals surface area contributed by atoms with E-state index in [9.17, 15) is 0 Å². The summed E-state index contributed by atoms with van der Waals surface area (Å²) in [5, 5.41) is 9.86. The average Bonchev–Trinajstić information content (AvgIpc) is 3.33. The second-order valence-electron chi connectivity index (χ2n) is 6.28. The summed E-state index contributed by atoms with van der Waals surface area (Å²) in [6.07, 6.45) is 0. The second kappa shape index (κ2) is 4.94. The van der Waals surface area contributed by atoms with Crippen LogP contribution in [0.2, 0.25) is 0 Å². The van der Waals surface area contributed by atoms with Crippen LogP contribution in [0.1, 0.15) is 0 Å². The van der Waals surface area contributed by atoms with Gasteiger partial charge in [-0.3, -0.25) is 0 Å². The van der Waals surface area contributed by atoms with Crippen molar-refractivity contribution in [2.75, 3.05) is 0 Å². The lowest BCUT2D eigenvalue weighted by molar-refractivity contribution is 1.21. The summed E-state index contributed by atoms with van der Waals surface area (Å²) >= 11 is 3.69. The van der Waals surface area contributed by atoms with Gasteiger partial charge in [0.15, 0.2) is 0 Å². The summed E-state index contributed by atoms with van der Waals surface area (Å²) in [5.74, 6) is 0. The molecule has 0 aliphatic rings.